The lowest BCUT2D eigenvalue weighted by Crippen LogP contribution is -2.26. The lowest BCUT2D eigenvalue weighted by molar-refractivity contribution is 0.141. The Bertz CT molecular complexity index is 566. The molecule has 0 heterocycles. The molecule has 2 aliphatic rings. The summed E-state index contributed by atoms with van der Waals surface area (Å²) < 4.78 is 13.3. The summed E-state index contributed by atoms with van der Waals surface area (Å²) in [7, 11) is 0. The molecular formula is C24H34ClF. The van der Waals surface area contributed by atoms with Crippen LogP contribution in [0.3, 0.4) is 0 Å². The molecule has 0 unspecified atom stereocenters. The van der Waals surface area contributed by atoms with Gasteiger partial charge in [-0.15, -0.1) is 6.58 Å². The molecule has 0 spiro atoms. The summed E-state index contributed by atoms with van der Waals surface area (Å²) in [5.41, 5.74) is 1.18. The van der Waals surface area contributed by atoms with E-state index in [4.69, 9.17) is 11.6 Å². The molecule has 0 saturated heterocycles. The third-order valence-electron chi connectivity index (χ3n) is 7.05. The van der Waals surface area contributed by atoms with Crippen molar-refractivity contribution in [2.45, 2.75) is 77.0 Å². The van der Waals surface area contributed by atoms with Crippen molar-refractivity contribution in [2.24, 2.45) is 23.7 Å². The van der Waals surface area contributed by atoms with E-state index in [9.17, 15) is 4.39 Å². The van der Waals surface area contributed by atoms with Crippen LogP contribution in [0.5, 0.6) is 0 Å². The van der Waals surface area contributed by atoms with Crippen LogP contribution in [0.25, 0.3) is 0 Å². The molecular weight excluding hydrogens is 343 g/mol. The second kappa shape index (κ2) is 9.93. The first kappa shape index (κ1) is 19.9. The first-order valence-electron chi connectivity index (χ1n) is 10.7. The van der Waals surface area contributed by atoms with Gasteiger partial charge in [0.15, 0.2) is 0 Å². The summed E-state index contributed by atoms with van der Waals surface area (Å²) in [5.74, 6) is 3.47. The van der Waals surface area contributed by atoms with Crippen LogP contribution in [0.15, 0.2) is 30.9 Å². The summed E-state index contributed by atoms with van der Waals surface area (Å²) >= 11 is 5.90. The number of halogens is 2. The van der Waals surface area contributed by atoms with E-state index in [1.165, 1.54) is 82.3 Å². The van der Waals surface area contributed by atoms with Gasteiger partial charge in [0.05, 0.1) is 5.02 Å². The fourth-order valence-corrected chi connectivity index (χ4v) is 5.52. The van der Waals surface area contributed by atoms with E-state index in [0.717, 1.165) is 30.1 Å². The Balaban J connectivity index is 1.36. The maximum atomic E-state index is 13.3. The number of benzene rings is 1. The standard InChI is InChI=1S/C24H34ClF/c1-2-3-4-18-7-12-21(13-8-18)22-14-9-19(10-15-22)5-6-20-11-16-24(26)23(25)17-20/h2,11,16-19,21-22H,1,3-10,12-15H2/t18-,19-,21-,22-. The Morgan fingerprint density at radius 3 is 2.04 bits per heavy atom. The topological polar surface area (TPSA) is 0 Å². The second-order valence-corrected chi connectivity index (χ2v) is 9.12. The largest absolute Gasteiger partial charge is 0.205 e. The van der Waals surface area contributed by atoms with Gasteiger partial charge in [-0.25, -0.2) is 4.39 Å². The Morgan fingerprint density at radius 1 is 0.923 bits per heavy atom. The molecule has 0 aliphatic heterocycles. The number of allylic oxidation sites excluding steroid dienone is 1. The lowest BCUT2D eigenvalue weighted by atomic mass is 9.68. The number of rotatable bonds is 7. The zero-order valence-corrected chi connectivity index (χ0v) is 16.8. The number of aryl methyl sites for hydroxylation is 1. The van der Waals surface area contributed by atoms with E-state index in [-0.39, 0.29) is 10.8 Å². The summed E-state index contributed by atoms with van der Waals surface area (Å²) in [4.78, 5) is 0. The predicted molar refractivity (Wildman–Crippen MR) is 110 cm³/mol. The van der Waals surface area contributed by atoms with Crippen LogP contribution >= 0.6 is 11.6 Å². The highest BCUT2D eigenvalue weighted by Crippen LogP contribution is 2.43. The summed E-state index contributed by atoms with van der Waals surface area (Å²) in [6.07, 6.45) is 18.3. The summed E-state index contributed by atoms with van der Waals surface area (Å²) in [6, 6.07) is 5.19. The van der Waals surface area contributed by atoms with Gasteiger partial charge in [-0.3, -0.25) is 0 Å². The normalized spacial score (nSPS) is 29.5. The molecule has 0 N–H and O–H groups in total. The van der Waals surface area contributed by atoms with Gasteiger partial charge in [-0.05, 0) is 92.7 Å². The summed E-state index contributed by atoms with van der Waals surface area (Å²) in [5, 5.41) is 0.259. The SMILES string of the molecule is C=CCC[C@H]1CC[C@H]([C@H]2CC[C@H](CCc3ccc(F)c(Cl)c3)CC2)CC1. The molecule has 144 valence electrons. The molecule has 1 aromatic carbocycles. The minimum absolute atomic E-state index is 0.259. The van der Waals surface area contributed by atoms with Crippen LogP contribution in [0.2, 0.25) is 5.02 Å². The fraction of sp³-hybridized carbons (Fsp3) is 0.667. The lowest BCUT2D eigenvalue weighted by Gasteiger charge is -2.38. The predicted octanol–water partition coefficient (Wildman–Crippen LogP) is 7.99. The van der Waals surface area contributed by atoms with Crippen molar-refractivity contribution < 1.29 is 4.39 Å². The van der Waals surface area contributed by atoms with Crippen molar-refractivity contribution in [3.63, 3.8) is 0 Å². The molecule has 0 bridgehead atoms. The molecule has 2 aliphatic carbocycles. The third kappa shape index (κ3) is 5.59. The highest BCUT2D eigenvalue weighted by atomic mass is 35.5. The first-order chi connectivity index (χ1) is 12.7. The fourth-order valence-electron chi connectivity index (χ4n) is 5.32. The monoisotopic (exact) mass is 376 g/mol. The van der Waals surface area contributed by atoms with Crippen LogP contribution < -0.4 is 0 Å². The minimum Gasteiger partial charge on any atom is -0.205 e. The van der Waals surface area contributed by atoms with Crippen molar-refractivity contribution in [1.82, 2.24) is 0 Å². The van der Waals surface area contributed by atoms with Gasteiger partial charge in [0.1, 0.15) is 5.82 Å². The van der Waals surface area contributed by atoms with E-state index in [0.29, 0.717) is 0 Å². The van der Waals surface area contributed by atoms with Gasteiger partial charge in [-0.2, -0.15) is 0 Å². The third-order valence-corrected chi connectivity index (χ3v) is 7.34. The van der Waals surface area contributed by atoms with Gasteiger partial charge in [-0.1, -0.05) is 49.4 Å². The highest BCUT2D eigenvalue weighted by Gasteiger charge is 2.30. The van der Waals surface area contributed by atoms with E-state index in [1.54, 1.807) is 6.07 Å². The minimum atomic E-state index is -0.310. The zero-order valence-electron chi connectivity index (χ0n) is 16.1. The molecule has 0 nitrogen and oxygen atoms in total. The molecule has 2 heteroatoms. The van der Waals surface area contributed by atoms with Crippen LogP contribution in [0.1, 0.15) is 76.2 Å². The van der Waals surface area contributed by atoms with Gasteiger partial charge in [0.2, 0.25) is 0 Å². The molecule has 2 fully saturated rings. The Hall–Kier alpha value is -0.820. The van der Waals surface area contributed by atoms with Crippen molar-refractivity contribution in [3.8, 4) is 0 Å². The van der Waals surface area contributed by atoms with Crippen LogP contribution in [-0.2, 0) is 6.42 Å². The van der Waals surface area contributed by atoms with Gasteiger partial charge in [0.25, 0.3) is 0 Å². The maximum absolute atomic E-state index is 13.3. The van der Waals surface area contributed by atoms with E-state index in [2.05, 4.69) is 12.7 Å². The molecule has 0 aromatic heterocycles. The molecule has 1 aromatic rings. The summed E-state index contributed by atoms with van der Waals surface area (Å²) in [6.45, 7) is 3.86. The van der Waals surface area contributed by atoms with E-state index >= 15 is 0 Å². The van der Waals surface area contributed by atoms with Crippen molar-refractivity contribution in [2.75, 3.05) is 0 Å². The molecule has 0 atom stereocenters. The highest BCUT2D eigenvalue weighted by molar-refractivity contribution is 6.30. The zero-order chi connectivity index (χ0) is 18.4. The smallest absolute Gasteiger partial charge is 0.141 e. The Morgan fingerprint density at radius 2 is 1.50 bits per heavy atom. The molecule has 0 amide bonds. The van der Waals surface area contributed by atoms with Crippen LogP contribution in [0.4, 0.5) is 4.39 Å². The van der Waals surface area contributed by atoms with E-state index in [1.807, 2.05) is 6.07 Å². The quantitative estimate of drug-likeness (QED) is 0.423. The second-order valence-electron chi connectivity index (χ2n) is 8.71. The van der Waals surface area contributed by atoms with Crippen LogP contribution in [-0.4, -0.2) is 0 Å². The van der Waals surface area contributed by atoms with Gasteiger partial charge >= 0.3 is 0 Å². The van der Waals surface area contributed by atoms with Crippen molar-refractivity contribution in [1.29, 1.82) is 0 Å². The molecule has 2 saturated carbocycles. The maximum Gasteiger partial charge on any atom is 0.141 e. The van der Waals surface area contributed by atoms with Crippen LogP contribution in [0, 0.1) is 29.5 Å². The van der Waals surface area contributed by atoms with Crippen molar-refractivity contribution in [3.05, 3.63) is 47.3 Å². The van der Waals surface area contributed by atoms with Crippen molar-refractivity contribution >= 4 is 11.6 Å². The Labute approximate surface area is 164 Å². The molecule has 0 radical (unpaired) electrons. The Kier molecular flexibility index (Phi) is 7.61. The van der Waals surface area contributed by atoms with Gasteiger partial charge in [0, 0.05) is 0 Å². The number of hydrogen-bond acceptors (Lipinski definition) is 0. The van der Waals surface area contributed by atoms with Gasteiger partial charge < -0.3 is 0 Å². The average molecular weight is 377 g/mol. The van der Waals surface area contributed by atoms with E-state index < -0.39 is 0 Å². The number of hydrogen-bond donors (Lipinski definition) is 0. The average Bonchev–Trinajstić information content (AvgIpc) is 2.68. The molecule has 3 rings (SSSR count). The molecule has 26 heavy (non-hydrogen) atoms. The first-order valence-corrected chi connectivity index (χ1v) is 11.1.